The van der Waals surface area contributed by atoms with Gasteiger partial charge in [-0.15, -0.1) is 0 Å². The molecule has 2 rings (SSSR count). The number of hydrogen-bond acceptors (Lipinski definition) is 1. The smallest absolute Gasteiger partial charge is 0.0295 e. The highest BCUT2D eigenvalue weighted by atomic mass is 79.9. The van der Waals surface area contributed by atoms with Crippen molar-refractivity contribution >= 4 is 15.9 Å². The number of hydrogen-bond donors (Lipinski definition) is 1. The molecule has 0 bridgehead atoms. The van der Waals surface area contributed by atoms with E-state index in [9.17, 15) is 0 Å². The third kappa shape index (κ3) is 3.44. The predicted octanol–water partition coefficient (Wildman–Crippen LogP) is 4.61. The molecule has 1 atom stereocenters. The average molecular weight is 304 g/mol. The summed E-state index contributed by atoms with van der Waals surface area (Å²) in [5.74, 6) is 0. The predicted molar refractivity (Wildman–Crippen MR) is 80.6 cm³/mol. The second-order valence-electron chi connectivity index (χ2n) is 4.61. The van der Waals surface area contributed by atoms with Gasteiger partial charge in [0.15, 0.2) is 0 Å². The van der Waals surface area contributed by atoms with Crippen molar-refractivity contribution in [2.24, 2.45) is 0 Å². The monoisotopic (exact) mass is 303 g/mol. The fourth-order valence-electron chi connectivity index (χ4n) is 1.96. The molecule has 94 valence electrons. The van der Waals surface area contributed by atoms with Crippen molar-refractivity contribution in [1.82, 2.24) is 5.32 Å². The van der Waals surface area contributed by atoms with Crippen LogP contribution in [-0.4, -0.2) is 0 Å². The van der Waals surface area contributed by atoms with Crippen molar-refractivity contribution in [1.29, 1.82) is 0 Å². The molecule has 0 fully saturated rings. The van der Waals surface area contributed by atoms with Crippen LogP contribution in [0.5, 0.6) is 0 Å². The number of benzene rings is 2. The highest BCUT2D eigenvalue weighted by Crippen LogP contribution is 2.18. The maximum absolute atomic E-state index is 3.57. The number of rotatable bonds is 4. The molecule has 0 aliphatic rings. The minimum absolute atomic E-state index is 0.358. The Morgan fingerprint density at radius 1 is 1.11 bits per heavy atom. The zero-order chi connectivity index (χ0) is 13.0. The van der Waals surface area contributed by atoms with Gasteiger partial charge in [-0.2, -0.15) is 0 Å². The molecule has 0 radical (unpaired) electrons. The largest absolute Gasteiger partial charge is 0.306 e. The van der Waals surface area contributed by atoms with Crippen LogP contribution in [0.15, 0.2) is 53.0 Å². The third-order valence-electron chi connectivity index (χ3n) is 3.10. The summed E-state index contributed by atoms with van der Waals surface area (Å²) in [4.78, 5) is 0. The fourth-order valence-corrected chi connectivity index (χ4v) is 2.39. The van der Waals surface area contributed by atoms with Gasteiger partial charge in [0.2, 0.25) is 0 Å². The molecule has 2 aromatic rings. The Morgan fingerprint density at radius 3 is 2.61 bits per heavy atom. The Morgan fingerprint density at radius 2 is 1.89 bits per heavy atom. The summed E-state index contributed by atoms with van der Waals surface area (Å²) in [6.07, 6.45) is 0. The van der Waals surface area contributed by atoms with Crippen LogP contribution >= 0.6 is 15.9 Å². The lowest BCUT2D eigenvalue weighted by Crippen LogP contribution is -2.18. The van der Waals surface area contributed by atoms with E-state index in [0.29, 0.717) is 6.04 Å². The molecule has 0 heterocycles. The first-order chi connectivity index (χ1) is 8.66. The second kappa shape index (κ2) is 6.17. The zero-order valence-corrected chi connectivity index (χ0v) is 12.4. The van der Waals surface area contributed by atoms with E-state index in [4.69, 9.17) is 0 Å². The molecule has 0 aromatic heterocycles. The van der Waals surface area contributed by atoms with E-state index in [1.165, 1.54) is 16.7 Å². The Kier molecular flexibility index (Phi) is 4.56. The van der Waals surface area contributed by atoms with Crippen LogP contribution in [-0.2, 0) is 6.54 Å². The summed E-state index contributed by atoms with van der Waals surface area (Å²) in [5.41, 5.74) is 3.93. The van der Waals surface area contributed by atoms with Gasteiger partial charge in [0.25, 0.3) is 0 Å². The van der Waals surface area contributed by atoms with Crippen LogP contribution in [0.25, 0.3) is 0 Å². The molecular weight excluding hydrogens is 286 g/mol. The first-order valence-electron chi connectivity index (χ1n) is 6.20. The fraction of sp³-hybridized carbons (Fsp3) is 0.250. The Balaban J connectivity index is 2.00. The highest BCUT2D eigenvalue weighted by molar-refractivity contribution is 9.10. The van der Waals surface area contributed by atoms with Gasteiger partial charge in [0.1, 0.15) is 0 Å². The molecule has 0 saturated carbocycles. The molecule has 0 amide bonds. The zero-order valence-electron chi connectivity index (χ0n) is 10.8. The van der Waals surface area contributed by atoms with E-state index < -0.39 is 0 Å². The van der Waals surface area contributed by atoms with Crippen molar-refractivity contribution in [3.05, 3.63) is 69.7 Å². The molecular formula is C16H18BrN. The number of halogens is 1. The van der Waals surface area contributed by atoms with Crippen molar-refractivity contribution in [3.8, 4) is 0 Å². The topological polar surface area (TPSA) is 12.0 Å². The van der Waals surface area contributed by atoms with Crippen LogP contribution in [0.3, 0.4) is 0 Å². The van der Waals surface area contributed by atoms with Crippen molar-refractivity contribution in [2.45, 2.75) is 26.4 Å². The van der Waals surface area contributed by atoms with Crippen LogP contribution in [0, 0.1) is 6.92 Å². The Hall–Kier alpha value is -1.12. The summed E-state index contributed by atoms with van der Waals surface area (Å²) in [6, 6.07) is 17.3. The van der Waals surface area contributed by atoms with E-state index in [0.717, 1.165) is 11.0 Å². The maximum atomic E-state index is 3.57. The molecule has 0 spiro atoms. The first kappa shape index (κ1) is 13.3. The molecule has 1 nitrogen and oxygen atoms in total. The standard InChI is InChI=1S/C16H18BrN/c1-12-6-5-8-14(10-12)13(2)18-11-15-7-3-4-9-16(15)17/h3-10,13,18H,11H2,1-2H3/t13-/m1/s1. The summed E-state index contributed by atoms with van der Waals surface area (Å²) in [6.45, 7) is 5.20. The minimum atomic E-state index is 0.358. The van der Waals surface area contributed by atoms with Gasteiger partial charge in [-0.25, -0.2) is 0 Å². The van der Waals surface area contributed by atoms with E-state index in [-0.39, 0.29) is 0 Å². The highest BCUT2D eigenvalue weighted by Gasteiger charge is 2.05. The lowest BCUT2D eigenvalue weighted by atomic mass is 10.1. The lowest BCUT2D eigenvalue weighted by Gasteiger charge is -2.15. The van der Waals surface area contributed by atoms with Gasteiger partial charge in [0.05, 0.1) is 0 Å². The van der Waals surface area contributed by atoms with Crippen LogP contribution in [0.2, 0.25) is 0 Å². The Labute approximate surface area is 117 Å². The normalized spacial score (nSPS) is 12.4. The van der Waals surface area contributed by atoms with Gasteiger partial charge in [-0.1, -0.05) is 64.0 Å². The summed E-state index contributed by atoms with van der Waals surface area (Å²) < 4.78 is 1.16. The van der Waals surface area contributed by atoms with Gasteiger partial charge in [0, 0.05) is 17.1 Å². The first-order valence-corrected chi connectivity index (χ1v) is 6.99. The molecule has 0 aliphatic carbocycles. The summed E-state index contributed by atoms with van der Waals surface area (Å²) in [5, 5.41) is 3.55. The van der Waals surface area contributed by atoms with Crippen LogP contribution in [0.1, 0.15) is 29.7 Å². The van der Waals surface area contributed by atoms with Crippen molar-refractivity contribution in [2.75, 3.05) is 0 Å². The summed E-state index contributed by atoms with van der Waals surface area (Å²) >= 11 is 3.57. The van der Waals surface area contributed by atoms with Crippen LogP contribution in [0.4, 0.5) is 0 Å². The van der Waals surface area contributed by atoms with Crippen molar-refractivity contribution in [3.63, 3.8) is 0 Å². The van der Waals surface area contributed by atoms with Crippen molar-refractivity contribution < 1.29 is 0 Å². The molecule has 18 heavy (non-hydrogen) atoms. The quantitative estimate of drug-likeness (QED) is 0.870. The molecule has 0 unspecified atom stereocenters. The van der Waals surface area contributed by atoms with Gasteiger partial charge in [-0.3, -0.25) is 0 Å². The number of aryl methyl sites for hydroxylation is 1. The maximum Gasteiger partial charge on any atom is 0.0295 e. The van der Waals surface area contributed by atoms with E-state index >= 15 is 0 Å². The van der Waals surface area contributed by atoms with Gasteiger partial charge >= 0.3 is 0 Å². The second-order valence-corrected chi connectivity index (χ2v) is 5.46. The average Bonchev–Trinajstić information content (AvgIpc) is 2.37. The number of nitrogens with one attached hydrogen (secondary N) is 1. The molecule has 1 N–H and O–H groups in total. The van der Waals surface area contributed by atoms with Crippen LogP contribution < -0.4 is 5.32 Å². The SMILES string of the molecule is Cc1cccc([C@@H](C)NCc2ccccc2Br)c1. The molecule has 0 saturated heterocycles. The minimum Gasteiger partial charge on any atom is -0.306 e. The molecule has 0 aliphatic heterocycles. The van der Waals surface area contributed by atoms with E-state index in [1.54, 1.807) is 0 Å². The molecule has 2 heteroatoms. The summed E-state index contributed by atoms with van der Waals surface area (Å²) in [7, 11) is 0. The molecule has 2 aromatic carbocycles. The van der Waals surface area contributed by atoms with Gasteiger partial charge < -0.3 is 5.32 Å². The Bertz CT molecular complexity index is 522. The van der Waals surface area contributed by atoms with Gasteiger partial charge in [-0.05, 0) is 31.0 Å². The lowest BCUT2D eigenvalue weighted by molar-refractivity contribution is 0.573. The third-order valence-corrected chi connectivity index (χ3v) is 3.87. The van der Waals surface area contributed by atoms with E-state index in [2.05, 4.69) is 77.6 Å². The van der Waals surface area contributed by atoms with E-state index in [1.807, 2.05) is 6.07 Å².